The Labute approximate surface area is 157 Å². The third kappa shape index (κ3) is 2.85. The van der Waals surface area contributed by atoms with Gasteiger partial charge in [0.25, 0.3) is 0 Å². The Balaban J connectivity index is 1.92. The number of furan rings is 1. The number of methoxy groups -OCH3 is 1. The van der Waals surface area contributed by atoms with E-state index < -0.39 is 6.04 Å². The van der Waals surface area contributed by atoms with Crippen LogP contribution in [0, 0.1) is 0 Å². The van der Waals surface area contributed by atoms with Crippen molar-refractivity contribution < 1.29 is 9.15 Å². The fourth-order valence-corrected chi connectivity index (χ4v) is 3.49. The molecule has 0 bridgehead atoms. The topological polar surface area (TPSA) is 48.4 Å². The second-order valence-electron chi connectivity index (χ2n) is 6.10. The summed E-state index contributed by atoms with van der Waals surface area (Å²) in [4.78, 5) is 0. The first-order valence-corrected chi connectivity index (χ1v) is 8.71. The first kappa shape index (κ1) is 16.7. The van der Waals surface area contributed by atoms with Crippen molar-refractivity contribution in [2.24, 2.45) is 5.73 Å². The van der Waals surface area contributed by atoms with Gasteiger partial charge >= 0.3 is 0 Å². The van der Waals surface area contributed by atoms with Gasteiger partial charge in [0.15, 0.2) is 0 Å². The van der Waals surface area contributed by atoms with Crippen LogP contribution in [-0.2, 0) is 0 Å². The van der Waals surface area contributed by atoms with Crippen LogP contribution in [0.5, 0.6) is 5.75 Å². The molecule has 1 unspecified atom stereocenters. The van der Waals surface area contributed by atoms with E-state index in [2.05, 4.69) is 18.2 Å². The lowest BCUT2D eigenvalue weighted by molar-refractivity contribution is 0.403. The molecule has 4 rings (SSSR count). The van der Waals surface area contributed by atoms with E-state index >= 15 is 0 Å². The molecular weight excluding hydrogens is 346 g/mol. The average Bonchev–Trinajstić information content (AvgIpc) is 3.12. The summed E-state index contributed by atoms with van der Waals surface area (Å²) >= 11 is 6.18. The molecule has 0 spiro atoms. The van der Waals surface area contributed by atoms with Gasteiger partial charge in [-0.05, 0) is 29.3 Å². The molecule has 3 aromatic carbocycles. The van der Waals surface area contributed by atoms with Crippen molar-refractivity contribution >= 4 is 22.4 Å². The third-order valence-electron chi connectivity index (χ3n) is 4.55. The number of rotatable bonds is 4. The SMILES string of the molecule is COc1ccc(Cl)cc1C(N)c1occ2cccc(-c3ccccc3)c12. The predicted molar refractivity (Wildman–Crippen MR) is 106 cm³/mol. The Kier molecular flexibility index (Phi) is 4.41. The van der Waals surface area contributed by atoms with Gasteiger partial charge in [-0.15, -0.1) is 0 Å². The van der Waals surface area contributed by atoms with Crippen molar-refractivity contribution in [1.29, 1.82) is 0 Å². The molecule has 1 atom stereocenters. The van der Waals surface area contributed by atoms with Crippen LogP contribution >= 0.6 is 11.6 Å². The zero-order valence-corrected chi connectivity index (χ0v) is 15.0. The van der Waals surface area contributed by atoms with Gasteiger partial charge < -0.3 is 14.9 Å². The van der Waals surface area contributed by atoms with E-state index in [-0.39, 0.29) is 0 Å². The standard InChI is InChI=1S/C22H18ClNO2/c1-25-19-11-10-16(23)12-18(19)21(24)22-20-15(13-26-22)8-5-9-17(20)14-6-3-2-4-7-14/h2-13,21H,24H2,1H3. The zero-order chi connectivity index (χ0) is 18.1. The number of hydrogen-bond donors (Lipinski definition) is 1. The molecule has 0 aliphatic heterocycles. The Morgan fingerprint density at radius 1 is 1.00 bits per heavy atom. The minimum absolute atomic E-state index is 0.494. The van der Waals surface area contributed by atoms with E-state index in [1.54, 1.807) is 19.4 Å². The first-order valence-electron chi connectivity index (χ1n) is 8.33. The van der Waals surface area contributed by atoms with Crippen molar-refractivity contribution in [1.82, 2.24) is 0 Å². The van der Waals surface area contributed by atoms with E-state index in [1.165, 1.54) is 0 Å². The van der Waals surface area contributed by atoms with Crippen LogP contribution < -0.4 is 10.5 Å². The van der Waals surface area contributed by atoms with E-state index in [0.717, 1.165) is 27.5 Å². The quantitative estimate of drug-likeness (QED) is 0.497. The van der Waals surface area contributed by atoms with Gasteiger partial charge in [0.2, 0.25) is 0 Å². The third-order valence-corrected chi connectivity index (χ3v) is 4.79. The van der Waals surface area contributed by atoms with E-state index in [0.29, 0.717) is 16.5 Å². The molecule has 4 aromatic rings. The second kappa shape index (κ2) is 6.87. The van der Waals surface area contributed by atoms with Gasteiger partial charge in [-0.1, -0.05) is 60.1 Å². The Bertz CT molecular complexity index is 1060. The fraction of sp³-hybridized carbons (Fsp3) is 0.0909. The normalized spacial score (nSPS) is 12.3. The van der Waals surface area contributed by atoms with E-state index in [1.807, 2.05) is 42.5 Å². The fourth-order valence-electron chi connectivity index (χ4n) is 3.31. The molecule has 4 heteroatoms. The van der Waals surface area contributed by atoms with Gasteiger partial charge in [0.1, 0.15) is 11.5 Å². The van der Waals surface area contributed by atoms with Crippen molar-refractivity contribution in [3.8, 4) is 16.9 Å². The van der Waals surface area contributed by atoms with Gasteiger partial charge in [0.05, 0.1) is 19.4 Å². The Morgan fingerprint density at radius 2 is 1.81 bits per heavy atom. The number of benzene rings is 3. The highest BCUT2D eigenvalue weighted by Crippen LogP contribution is 2.39. The van der Waals surface area contributed by atoms with Crippen LogP contribution in [0.4, 0.5) is 0 Å². The summed E-state index contributed by atoms with van der Waals surface area (Å²) in [6.45, 7) is 0. The maximum Gasteiger partial charge on any atom is 0.133 e. The van der Waals surface area contributed by atoms with Gasteiger partial charge in [-0.2, -0.15) is 0 Å². The summed E-state index contributed by atoms with van der Waals surface area (Å²) < 4.78 is 11.4. The lowest BCUT2D eigenvalue weighted by atomic mass is 9.95. The highest BCUT2D eigenvalue weighted by Gasteiger charge is 2.22. The summed E-state index contributed by atoms with van der Waals surface area (Å²) in [6, 6.07) is 21.3. The zero-order valence-electron chi connectivity index (χ0n) is 14.3. The Morgan fingerprint density at radius 3 is 2.58 bits per heavy atom. The molecule has 26 heavy (non-hydrogen) atoms. The molecule has 0 saturated carbocycles. The number of fused-ring (bicyclic) bond motifs is 1. The largest absolute Gasteiger partial charge is 0.496 e. The summed E-state index contributed by atoms with van der Waals surface area (Å²) in [6.07, 6.45) is 1.74. The van der Waals surface area contributed by atoms with Gasteiger partial charge in [-0.25, -0.2) is 0 Å². The van der Waals surface area contributed by atoms with Crippen LogP contribution in [0.1, 0.15) is 17.4 Å². The van der Waals surface area contributed by atoms with Crippen molar-refractivity contribution in [3.63, 3.8) is 0 Å². The molecule has 0 radical (unpaired) electrons. The van der Waals surface area contributed by atoms with Crippen LogP contribution in [0.25, 0.3) is 21.9 Å². The van der Waals surface area contributed by atoms with Gasteiger partial charge in [0, 0.05) is 21.4 Å². The minimum atomic E-state index is -0.494. The van der Waals surface area contributed by atoms with Crippen molar-refractivity contribution in [2.45, 2.75) is 6.04 Å². The van der Waals surface area contributed by atoms with Crippen LogP contribution in [0.15, 0.2) is 77.4 Å². The number of hydrogen-bond acceptors (Lipinski definition) is 3. The highest BCUT2D eigenvalue weighted by molar-refractivity contribution is 6.30. The first-order chi connectivity index (χ1) is 12.7. The lowest BCUT2D eigenvalue weighted by Crippen LogP contribution is -2.13. The molecule has 0 aliphatic carbocycles. The molecule has 130 valence electrons. The van der Waals surface area contributed by atoms with E-state index in [4.69, 9.17) is 26.5 Å². The summed E-state index contributed by atoms with van der Waals surface area (Å²) in [5.41, 5.74) is 9.58. The maximum absolute atomic E-state index is 6.59. The summed E-state index contributed by atoms with van der Waals surface area (Å²) in [5.74, 6) is 1.38. The highest BCUT2D eigenvalue weighted by atomic mass is 35.5. The molecule has 2 N–H and O–H groups in total. The number of halogens is 1. The molecule has 3 nitrogen and oxygen atoms in total. The molecule has 0 amide bonds. The minimum Gasteiger partial charge on any atom is -0.496 e. The van der Waals surface area contributed by atoms with Crippen LogP contribution in [0.2, 0.25) is 5.02 Å². The number of nitrogens with two attached hydrogens (primary N) is 1. The maximum atomic E-state index is 6.59. The molecule has 0 fully saturated rings. The molecule has 1 aromatic heterocycles. The molecular formula is C22H18ClNO2. The molecule has 0 aliphatic rings. The lowest BCUT2D eigenvalue weighted by Gasteiger charge is -2.16. The average molecular weight is 364 g/mol. The molecule has 0 saturated heterocycles. The van der Waals surface area contributed by atoms with Crippen LogP contribution in [0.3, 0.4) is 0 Å². The van der Waals surface area contributed by atoms with E-state index in [9.17, 15) is 0 Å². The second-order valence-corrected chi connectivity index (χ2v) is 6.54. The van der Waals surface area contributed by atoms with Crippen molar-refractivity contribution in [2.75, 3.05) is 7.11 Å². The van der Waals surface area contributed by atoms with Crippen LogP contribution in [-0.4, -0.2) is 7.11 Å². The number of ether oxygens (including phenoxy) is 1. The Hall–Kier alpha value is -2.75. The summed E-state index contributed by atoms with van der Waals surface area (Å²) in [5, 5.41) is 2.63. The molecule has 1 heterocycles. The van der Waals surface area contributed by atoms with Gasteiger partial charge in [-0.3, -0.25) is 0 Å². The van der Waals surface area contributed by atoms with Crippen molar-refractivity contribution in [3.05, 3.63) is 89.3 Å². The smallest absolute Gasteiger partial charge is 0.133 e. The predicted octanol–water partition coefficient (Wildman–Crippen LogP) is 5.81. The summed E-state index contributed by atoms with van der Waals surface area (Å²) in [7, 11) is 1.62. The monoisotopic (exact) mass is 363 g/mol.